The second-order valence-corrected chi connectivity index (χ2v) is 6.98. The van der Waals surface area contributed by atoms with E-state index >= 15 is 0 Å². The van der Waals surface area contributed by atoms with Gasteiger partial charge in [-0.05, 0) is 62.9 Å². The molecule has 0 saturated heterocycles. The Hall–Kier alpha value is -2.38. The van der Waals surface area contributed by atoms with Crippen molar-refractivity contribution in [3.05, 3.63) is 53.6 Å². The molecular formula is C17H20N2O4S. The number of sulfonamides is 1. The Balaban J connectivity index is 2.24. The highest BCUT2D eigenvalue weighted by molar-refractivity contribution is 7.89. The number of carbonyl (C=O) groups excluding carboxylic acids is 1. The van der Waals surface area contributed by atoms with Gasteiger partial charge < -0.3 is 10.1 Å². The molecule has 0 aliphatic carbocycles. The van der Waals surface area contributed by atoms with Gasteiger partial charge in [0, 0.05) is 11.3 Å². The zero-order valence-electron chi connectivity index (χ0n) is 13.8. The van der Waals surface area contributed by atoms with Crippen molar-refractivity contribution < 1.29 is 17.9 Å². The Bertz CT molecular complexity index is 830. The minimum absolute atomic E-state index is 0.0486. The predicted molar refractivity (Wildman–Crippen MR) is 93.0 cm³/mol. The van der Waals surface area contributed by atoms with Crippen LogP contribution in [-0.4, -0.2) is 28.0 Å². The van der Waals surface area contributed by atoms with Crippen LogP contribution < -0.4 is 14.8 Å². The lowest BCUT2D eigenvalue weighted by Crippen LogP contribution is -2.20. The average Bonchev–Trinajstić information content (AvgIpc) is 2.57. The molecule has 2 aromatic rings. The normalized spacial score (nSPS) is 11.1. The third kappa shape index (κ3) is 4.12. The van der Waals surface area contributed by atoms with Crippen LogP contribution in [0.25, 0.3) is 0 Å². The summed E-state index contributed by atoms with van der Waals surface area (Å²) in [6.45, 7) is 4.21. The fourth-order valence-electron chi connectivity index (χ4n) is 2.13. The molecule has 0 atom stereocenters. The quantitative estimate of drug-likeness (QED) is 0.840. The second kappa shape index (κ2) is 7.46. The zero-order chi connectivity index (χ0) is 17.7. The highest BCUT2D eigenvalue weighted by atomic mass is 32.2. The van der Waals surface area contributed by atoms with Crippen molar-refractivity contribution in [2.24, 2.45) is 0 Å². The van der Waals surface area contributed by atoms with Gasteiger partial charge >= 0.3 is 0 Å². The van der Waals surface area contributed by atoms with E-state index in [1.807, 2.05) is 6.92 Å². The highest BCUT2D eigenvalue weighted by Gasteiger charge is 2.16. The molecule has 1 amide bonds. The molecule has 0 fully saturated rings. The minimum atomic E-state index is -3.60. The molecule has 0 aromatic heterocycles. The second-order valence-electron chi connectivity index (χ2n) is 5.10. The molecule has 0 radical (unpaired) electrons. The highest BCUT2D eigenvalue weighted by Crippen LogP contribution is 2.19. The van der Waals surface area contributed by atoms with Crippen molar-refractivity contribution >= 4 is 21.6 Å². The van der Waals surface area contributed by atoms with E-state index in [2.05, 4.69) is 10.0 Å². The van der Waals surface area contributed by atoms with Gasteiger partial charge in [0.1, 0.15) is 5.75 Å². The average molecular weight is 348 g/mol. The van der Waals surface area contributed by atoms with Gasteiger partial charge in [0.2, 0.25) is 10.0 Å². The van der Waals surface area contributed by atoms with Gasteiger partial charge in [-0.3, -0.25) is 4.79 Å². The number of ether oxygens (including phenoxy) is 1. The third-order valence-corrected chi connectivity index (χ3v) is 4.87. The number of hydrogen-bond donors (Lipinski definition) is 2. The summed E-state index contributed by atoms with van der Waals surface area (Å²) in [5.41, 5.74) is 1.60. The van der Waals surface area contributed by atoms with Crippen LogP contribution in [0.5, 0.6) is 5.75 Å². The van der Waals surface area contributed by atoms with Crippen LogP contribution in [0.2, 0.25) is 0 Å². The number of benzene rings is 2. The fraction of sp³-hybridized carbons (Fsp3) is 0.235. The summed E-state index contributed by atoms with van der Waals surface area (Å²) < 4.78 is 31.4. The first-order chi connectivity index (χ1) is 11.4. The number of hydrogen-bond acceptors (Lipinski definition) is 4. The van der Waals surface area contributed by atoms with Crippen LogP contribution >= 0.6 is 0 Å². The molecule has 0 unspecified atom stereocenters. The molecule has 0 bridgehead atoms. The zero-order valence-corrected chi connectivity index (χ0v) is 14.6. The summed E-state index contributed by atoms with van der Waals surface area (Å²) in [5.74, 6) is 0.346. The molecule has 7 heteroatoms. The molecule has 128 valence electrons. The number of rotatable bonds is 6. The molecule has 0 aliphatic heterocycles. The Labute approximate surface area is 141 Å². The smallest absolute Gasteiger partial charge is 0.255 e. The van der Waals surface area contributed by atoms with Gasteiger partial charge in [-0.15, -0.1) is 0 Å². The molecule has 0 aliphatic rings. The summed E-state index contributed by atoms with van der Waals surface area (Å²) in [6, 6.07) is 11.4. The molecule has 24 heavy (non-hydrogen) atoms. The number of aryl methyl sites for hydroxylation is 1. The summed E-state index contributed by atoms with van der Waals surface area (Å²) in [5, 5.41) is 2.76. The topological polar surface area (TPSA) is 84.5 Å². The maximum Gasteiger partial charge on any atom is 0.255 e. The SMILES string of the molecule is CCOc1ccc(NC(=O)c2cc(S(=O)(=O)NC)ccc2C)cc1. The molecule has 2 N–H and O–H groups in total. The van der Waals surface area contributed by atoms with Gasteiger partial charge in [-0.2, -0.15) is 0 Å². The predicted octanol–water partition coefficient (Wildman–Crippen LogP) is 2.55. The van der Waals surface area contributed by atoms with Gasteiger partial charge in [-0.25, -0.2) is 13.1 Å². The van der Waals surface area contributed by atoms with E-state index in [1.165, 1.54) is 19.2 Å². The van der Waals surface area contributed by atoms with Crippen LogP contribution in [0, 0.1) is 6.92 Å². The number of nitrogens with one attached hydrogen (secondary N) is 2. The van der Waals surface area contributed by atoms with Crippen molar-refractivity contribution in [3.8, 4) is 5.75 Å². The minimum Gasteiger partial charge on any atom is -0.494 e. The molecule has 0 spiro atoms. The summed E-state index contributed by atoms with van der Waals surface area (Å²) >= 11 is 0. The fourth-order valence-corrected chi connectivity index (χ4v) is 2.89. The largest absolute Gasteiger partial charge is 0.494 e. The van der Waals surface area contributed by atoms with Gasteiger partial charge in [-0.1, -0.05) is 6.07 Å². The maximum absolute atomic E-state index is 12.5. The monoisotopic (exact) mass is 348 g/mol. The van der Waals surface area contributed by atoms with Crippen molar-refractivity contribution in [1.82, 2.24) is 4.72 Å². The molecule has 2 aromatic carbocycles. The molecular weight excluding hydrogens is 328 g/mol. The van der Waals surface area contributed by atoms with Crippen molar-refractivity contribution in [2.75, 3.05) is 19.0 Å². The van der Waals surface area contributed by atoms with E-state index in [9.17, 15) is 13.2 Å². The van der Waals surface area contributed by atoms with Gasteiger partial charge in [0.25, 0.3) is 5.91 Å². The first-order valence-corrected chi connectivity index (χ1v) is 8.94. The van der Waals surface area contributed by atoms with E-state index in [-0.39, 0.29) is 10.8 Å². The van der Waals surface area contributed by atoms with Crippen LogP contribution in [0.4, 0.5) is 5.69 Å². The van der Waals surface area contributed by atoms with E-state index < -0.39 is 10.0 Å². The lowest BCUT2D eigenvalue weighted by molar-refractivity contribution is 0.102. The Morgan fingerprint density at radius 1 is 1.12 bits per heavy atom. The van der Waals surface area contributed by atoms with Crippen LogP contribution in [0.3, 0.4) is 0 Å². The first kappa shape index (κ1) is 18.0. The standard InChI is InChI=1S/C17H20N2O4S/c1-4-23-14-8-6-13(7-9-14)19-17(20)16-11-15(10-5-12(16)2)24(21,22)18-3/h5-11,18H,4H2,1-3H3,(H,19,20). The van der Waals surface area contributed by atoms with E-state index in [1.54, 1.807) is 37.3 Å². The van der Waals surface area contributed by atoms with Crippen LogP contribution in [0.15, 0.2) is 47.4 Å². The summed E-state index contributed by atoms with van der Waals surface area (Å²) in [6.07, 6.45) is 0. The van der Waals surface area contributed by atoms with Crippen molar-refractivity contribution in [3.63, 3.8) is 0 Å². The van der Waals surface area contributed by atoms with Gasteiger partial charge in [0.05, 0.1) is 11.5 Å². The van der Waals surface area contributed by atoms with E-state index in [0.717, 1.165) is 0 Å². The number of anilines is 1. The molecule has 0 saturated carbocycles. The lowest BCUT2D eigenvalue weighted by Gasteiger charge is -2.11. The van der Waals surface area contributed by atoms with E-state index in [0.29, 0.717) is 29.2 Å². The van der Waals surface area contributed by atoms with Crippen LogP contribution in [-0.2, 0) is 10.0 Å². The van der Waals surface area contributed by atoms with Crippen LogP contribution in [0.1, 0.15) is 22.8 Å². The lowest BCUT2D eigenvalue weighted by atomic mass is 10.1. The first-order valence-electron chi connectivity index (χ1n) is 7.46. The number of amides is 1. The molecule has 0 heterocycles. The summed E-state index contributed by atoms with van der Waals surface area (Å²) in [4.78, 5) is 12.5. The number of carbonyl (C=O) groups is 1. The van der Waals surface area contributed by atoms with Crippen molar-refractivity contribution in [2.45, 2.75) is 18.7 Å². The molecule has 2 rings (SSSR count). The Morgan fingerprint density at radius 2 is 1.79 bits per heavy atom. The molecule has 6 nitrogen and oxygen atoms in total. The van der Waals surface area contributed by atoms with Gasteiger partial charge in [0.15, 0.2) is 0 Å². The Morgan fingerprint density at radius 3 is 2.38 bits per heavy atom. The third-order valence-electron chi connectivity index (χ3n) is 3.46. The van der Waals surface area contributed by atoms with E-state index in [4.69, 9.17) is 4.74 Å². The summed E-state index contributed by atoms with van der Waals surface area (Å²) in [7, 11) is -2.27. The maximum atomic E-state index is 12.5. The van der Waals surface area contributed by atoms with Crippen molar-refractivity contribution in [1.29, 1.82) is 0 Å². The Kier molecular flexibility index (Phi) is 5.58.